The van der Waals surface area contributed by atoms with E-state index in [0.29, 0.717) is 11.9 Å². The fraction of sp³-hybridized carbons (Fsp3) is 0.333. The number of halogens is 2. The van der Waals surface area contributed by atoms with Crippen molar-refractivity contribution in [1.82, 2.24) is 9.55 Å². The molecule has 7 heteroatoms. The molecular formula is C6H7FIN2O2P. The van der Waals surface area contributed by atoms with Gasteiger partial charge in [-0.05, 0) is 35.9 Å². The van der Waals surface area contributed by atoms with E-state index in [-0.39, 0.29) is 5.69 Å². The minimum atomic E-state index is -1.03. The average Bonchev–Trinajstić information content (AvgIpc) is 2.43. The minimum Gasteiger partial charge on any atom is -0.247 e. The quantitative estimate of drug-likeness (QED) is 0.621. The zero-order chi connectivity index (χ0) is 10.0. The van der Waals surface area contributed by atoms with Crippen LogP contribution in [-0.4, -0.2) is 15.5 Å². The third kappa shape index (κ3) is 1.99. The normalized spacial score (nSPS) is 11.1. The van der Waals surface area contributed by atoms with Crippen LogP contribution in [0.2, 0.25) is 0 Å². The van der Waals surface area contributed by atoms with Gasteiger partial charge in [-0.15, -0.1) is 0 Å². The number of aromatic nitrogens is 2. The smallest absolute Gasteiger partial charge is 0.247 e. The van der Waals surface area contributed by atoms with Crippen LogP contribution in [0, 0.1) is 13.8 Å². The molecule has 1 unspecified atom stereocenters. The van der Waals surface area contributed by atoms with Crippen molar-refractivity contribution in [3.63, 3.8) is 0 Å². The molecule has 0 aliphatic carbocycles. The van der Waals surface area contributed by atoms with Crippen molar-refractivity contribution in [1.29, 1.82) is 0 Å². The average molecular weight is 316 g/mol. The zero-order valence-corrected chi connectivity index (χ0v) is 10.1. The van der Waals surface area contributed by atoms with Gasteiger partial charge in [-0.25, -0.2) is 14.2 Å². The summed E-state index contributed by atoms with van der Waals surface area (Å²) in [6.45, 7) is 3.53. The van der Waals surface area contributed by atoms with Gasteiger partial charge in [0, 0.05) is 15.8 Å². The summed E-state index contributed by atoms with van der Waals surface area (Å²) in [4.78, 5) is 14.0. The number of rotatable bonds is 2. The molecule has 0 amide bonds. The lowest BCUT2D eigenvalue weighted by Gasteiger charge is -1.95. The van der Waals surface area contributed by atoms with E-state index in [2.05, 4.69) is 32.1 Å². The molecular weight excluding hydrogens is 309 g/mol. The Hall–Kier alpha value is -0.230. The summed E-state index contributed by atoms with van der Waals surface area (Å²) in [6.07, 6.45) is 0.386. The molecule has 1 aromatic heterocycles. The van der Waals surface area contributed by atoms with Crippen LogP contribution in [0.1, 0.15) is 21.7 Å². The summed E-state index contributed by atoms with van der Waals surface area (Å²) in [5, 5.41) is 3.91. The monoisotopic (exact) mass is 316 g/mol. The predicted octanol–water partition coefficient (Wildman–Crippen LogP) is 2.33. The lowest BCUT2D eigenvalue weighted by Crippen LogP contribution is -2.01. The van der Waals surface area contributed by atoms with E-state index in [0.717, 1.165) is 5.69 Å². The highest BCUT2D eigenvalue weighted by Gasteiger charge is 2.19. The predicted molar refractivity (Wildman–Crippen MR) is 56.0 cm³/mol. The van der Waals surface area contributed by atoms with Crippen LogP contribution >= 0.6 is 28.4 Å². The number of carbonyl (C=O) groups is 1. The molecule has 1 heterocycles. The van der Waals surface area contributed by atoms with E-state index >= 15 is 0 Å². The number of carbonyl (C=O) groups excluding carboxylic acids is 1. The zero-order valence-electron chi connectivity index (χ0n) is 6.97. The van der Waals surface area contributed by atoms with Gasteiger partial charge in [-0.2, -0.15) is 5.10 Å². The summed E-state index contributed by atoms with van der Waals surface area (Å²) in [5.41, 5.74) is 1.56. The molecule has 0 N–H and O–H groups in total. The van der Waals surface area contributed by atoms with E-state index in [4.69, 9.17) is 0 Å². The first-order chi connectivity index (χ1) is 6.11. The third-order valence-electron chi connectivity index (χ3n) is 1.76. The lowest BCUT2D eigenvalue weighted by molar-refractivity contribution is -0.0794. The van der Waals surface area contributed by atoms with Crippen molar-refractivity contribution in [2.45, 2.75) is 13.8 Å². The Labute approximate surface area is 89.1 Å². The van der Waals surface area contributed by atoms with Gasteiger partial charge in [0.2, 0.25) is 0 Å². The van der Waals surface area contributed by atoms with Crippen molar-refractivity contribution in [2.75, 3.05) is 0 Å². The van der Waals surface area contributed by atoms with Crippen molar-refractivity contribution in [3.05, 3.63) is 17.0 Å². The summed E-state index contributed by atoms with van der Waals surface area (Å²) in [5.74, 6) is -1.03. The molecule has 72 valence electrons. The molecule has 0 saturated heterocycles. The van der Waals surface area contributed by atoms with Crippen LogP contribution in [0.3, 0.4) is 0 Å². The maximum absolute atomic E-state index is 11.6. The van der Waals surface area contributed by atoms with Gasteiger partial charge in [0.25, 0.3) is 0 Å². The highest BCUT2D eigenvalue weighted by atomic mass is 127. The summed E-state index contributed by atoms with van der Waals surface area (Å²) in [7, 11) is 0. The lowest BCUT2D eigenvalue weighted by atomic mass is 10.2. The fourth-order valence-corrected chi connectivity index (χ4v) is 2.73. The van der Waals surface area contributed by atoms with Gasteiger partial charge in [-0.1, -0.05) is 0 Å². The molecule has 0 aromatic carbocycles. The minimum absolute atomic E-state index is 0.0455. The SMILES string of the molecule is Cc1c(C(=O)OF)nn(PI)c1C. The molecule has 0 aliphatic rings. The number of hydrogen-bond acceptors (Lipinski definition) is 3. The molecule has 1 atom stereocenters. The number of hydrogen-bond donors (Lipinski definition) is 0. The molecule has 0 bridgehead atoms. The van der Waals surface area contributed by atoms with Gasteiger partial charge in [0.05, 0.1) is 6.37 Å². The first kappa shape index (κ1) is 10.8. The van der Waals surface area contributed by atoms with Crippen molar-refractivity contribution >= 4 is 34.4 Å². The Morgan fingerprint density at radius 3 is 2.69 bits per heavy atom. The van der Waals surface area contributed by atoms with Crippen LogP contribution in [0.4, 0.5) is 4.53 Å². The van der Waals surface area contributed by atoms with Gasteiger partial charge in [-0.3, -0.25) is 0 Å². The summed E-state index contributed by atoms with van der Waals surface area (Å²) >= 11 is 2.13. The van der Waals surface area contributed by atoms with Gasteiger partial charge in [0.1, 0.15) is 0 Å². The Morgan fingerprint density at radius 1 is 1.69 bits per heavy atom. The van der Waals surface area contributed by atoms with E-state index in [1.54, 1.807) is 11.4 Å². The second kappa shape index (κ2) is 4.32. The van der Waals surface area contributed by atoms with E-state index < -0.39 is 5.97 Å². The summed E-state index contributed by atoms with van der Waals surface area (Å²) < 4.78 is 13.2. The topological polar surface area (TPSA) is 44.1 Å². The van der Waals surface area contributed by atoms with Crippen molar-refractivity contribution in [2.24, 2.45) is 0 Å². The Morgan fingerprint density at radius 2 is 2.31 bits per heavy atom. The molecule has 0 fully saturated rings. The summed E-state index contributed by atoms with van der Waals surface area (Å²) in [6, 6.07) is 0. The largest absolute Gasteiger partial charge is 0.399 e. The fourth-order valence-electron chi connectivity index (χ4n) is 0.893. The van der Waals surface area contributed by atoms with Gasteiger partial charge >= 0.3 is 5.97 Å². The molecule has 0 saturated carbocycles. The standard InChI is InChI=1S/C6H7FIN2O2P/c1-3-4(2)10(13-8)9-5(3)6(11)12-7/h13H,1-2H3. The van der Waals surface area contributed by atoms with Gasteiger partial charge in [0.15, 0.2) is 5.69 Å². The molecule has 1 rings (SSSR count). The molecule has 1 aromatic rings. The van der Waals surface area contributed by atoms with Crippen LogP contribution in [-0.2, 0) is 4.94 Å². The highest BCUT2D eigenvalue weighted by molar-refractivity contribution is 14.2. The molecule has 13 heavy (non-hydrogen) atoms. The number of nitrogens with zero attached hydrogens (tertiary/aromatic N) is 2. The molecule has 0 spiro atoms. The molecule has 0 radical (unpaired) electrons. The maximum Gasteiger partial charge on any atom is 0.399 e. The van der Waals surface area contributed by atoms with Crippen LogP contribution < -0.4 is 0 Å². The second-order valence-electron chi connectivity index (χ2n) is 2.42. The van der Waals surface area contributed by atoms with Crippen LogP contribution in [0.5, 0.6) is 0 Å². The first-order valence-corrected chi connectivity index (χ1v) is 7.43. The Kier molecular flexibility index (Phi) is 3.61. The second-order valence-corrected chi connectivity index (χ2v) is 4.46. The molecule has 0 aliphatic heterocycles. The Bertz CT molecular complexity index is 342. The van der Waals surface area contributed by atoms with E-state index in [1.807, 2.05) is 6.92 Å². The highest BCUT2D eigenvalue weighted by Crippen LogP contribution is 2.27. The van der Waals surface area contributed by atoms with E-state index in [9.17, 15) is 9.32 Å². The Balaban J connectivity index is 3.17. The van der Waals surface area contributed by atoms with E-state index in [1.165, 1.54) is 0 Å². The molecule has 4 nitrogen and oxygen atoms in total. The van der Waals surface area contributed by atoms with Crippen molar-refractivity contribution < 1.29 is 14.3 Å². The van der Waals surface area contributed by atoms with Crippen LogP contribution in [0.15, 0.2) is 0 Å². The third-order valence-corrected chi connectivity index (χ3v) is 3.73. The van der Waals surface area contributed by atoms with Crippen molar-refractivity contribution in [3.8, 4) is 0 Å². The maximum atomic E-state index is 11.6. The van der Waals surface area contributed by atoms with Crippen LogP contribution in [0.25, 0.3) is 0 Å². The first-order valence-electron chi connectivity index (χ1n) is 3.37. The van der Waals surface area contributed by atoms with Gasteiger partial charge < -0.3 is 0 Å².